The van der Waals surface area contributed by atoms with Gasteiger partial charge in [0.1, 0.15) is 0 Å². The Hall–Kier alpha value is -3.26. The van der Waals surface area contributed by atoms with Crippen LogP contribution in [-0.2, 0) is 9.53 Å². The van der Waals surface area contributed by atoms with E-state index in [0.717, 1.165) is 18.8 Å². The van der Waals surface area contributed by atoms with Gasteiger partial charge in [-0.05, 0) is 61.7 Å². The van der Waals surface area contributed by atoms with Crippen molar-refractivity contribution >= 4 is 35.4 Å². The first-order valence-electron chi connectivity index (χ1n) is 10.4. The molecule has 0 unspecified atom stereocenters. The zero-order chi connectivity index (χ0) is 22.9. The van der Waals surface area contributed by atoms with Crippen LogP contribution in [0.3, 0.4) is 0 Å². The average molecular weight is 460 g/mol. The van der Waals surface area contributed by atoms with E-state index >= 15 is 0 Å². The van der Waals surface area contributed by atoms with E-state index in [1.165, 1.54) is 26.2 Å². The topological polar surface area (TPSA) is 89.5 Å². The number of hydrogen-bond acceptors (Lipinski definition) is 7. The number of hydrazone groups is 1. The van der Waals surface area contributed by atoms with Gasteiger partial charge in [-0.2, -0.15) is 5.10 Å². The summed E-state index contributed by atoms with van der Waals surface area (Å²) in [5.74, 6) is -0.263. The lowest BCUT2D eigenvalue weighted by Crippen LogP contribution is -2.19. The van der Waals surface area contributed by atoms with Crippen LogP contribution < -0.4 is 19.8 Å². The van der Waals surface area contributed by atoms with E-state index in [1.807, 2.05) is 19.1 Å². The van der Waals surface area contributed by atoms with Crippen LogP contribution in [0.5, 0.6) is 11.5 Å². The maximum absolute atomic E-state index is 12.4. The van der Waals surface area contributed by atoms with Crippen LogP contribution in [0, 0.1) is 0 Å². The highest BCUT2D eigenvalue weighted by Gasteiger charge is 2.15. The maximum Gasteiger partial charge on any atom is 0.343 e. The van der Waals surface area contributed by atoms with E-state index in [1.54, 1.807) is 24.3 Å². The van der Waals surface area contributed by atoms with Gasteiger partial charge < -0.3 is 19.1 Å². The largest absolute Gasteiger partial charge is 0.490 e. The molecule has 1 aliphatic heterocycles. The van der Waals surface area contributed by atoms with Crippen molar-refractivity contribution in [2.75, 3.05) is 38.3 Å². The summed E-state index contributed by atoms with van der Waals surface area (Å²) < 4.78 is 15.6. The minimum absolute atomic E-state index is 0.234. The number of carbonyl (C=O) groups is 2. The number of nitrogens with zero attached hydrogens (tertiary/aromatic N) is 2. The molecule has 0 spiro atoms. The molecule has 1 aliphatic rings. The number of hydrogen-bond donors (Lipinski definition) is 1. The Morgan fingerprint density at radius 3 is 2.53 bits per heavy atom. The molecule has 8 nitrogen and oxygen atoms in total. The number of halogens is 1. The van der Waals surface area contributed by atoms with Gasteiger partial charge in [-0.15, -0.1) is 0 Å². The zero-order valence-corrected chi connectivity index (χ0v) is 18.9. The molecule has 170 valence electrons. The SMILES string of the molecule is CCOc1cc(/C=N\NC(=O)c2ccc(N3CCCC3)cc2)cc(Cl)c1OCC(=O)OC. The number of carbonyl (C=O) groups excluding carboxylic acids is 2. The third kappa shape index (κ3) is 6.13. The molecule has 9 heteroatoms. The van der Waals surface area contributed by atoms with Crippen molar-refractivity contribution in [3.05, 3.63) is 52.5 Å². The standard InChI is InChI=1S/C23H26ClN3O5/c1-3-31-20-13-16(12-19(24)22(20)32-15-21(28)30-2)14-25-26-23(29)17-6-8-18(9-7-17)27-10-4-5-11-27/h6-9,12-14H,3-5,10-11,15H2,1-2H3,(H,26,29)/b25-14-. The third-order valence-corrected chi connectivity index (χ3v) is 5.15. The van der Waals surface area contributed by atoms with E-state index in [4.69, 9.17) is 21.1 Å². The molecule has 1 amide bonds. The fraction of sp³-hybridized carbons (Fsp3) is 0.348. The van der Waals surface area contributed by atoms with Crippen molar-refractivity contribution in [1.29, 1.82) is 0 Å². The second-order valence-corrected chi connectivity index (χ2v) is 7.48. The van der Waals surface area contributed by atoms with Crippen LogP contribution in [0.25, 0.3) is 0 Å². The molecule has 0 saturated carbocycles. The van der Waals surface area contributed by atoms with Crippen molar-refractivity contribution in [1.82, 2.24) is 5.43 Å². The molecule has 1 N–H and O–H groups in total. The summed E-state index contributed by atoms with van der Waals surface area (Å²) in [7, 11) is 1.27. The van der Waals surface area contributed by atoms with Crippen molar-refractivity contribution in [2.45, 2.75) is 19.8 Å². The lowest BCUT2D eigenvalue weighted by atomic mass is 10.2. The number of esters is 1. The predicted octanol–water partition coefficient (Wildman–Crippen LogP) is 3.65. The summed E-state index contributed by atoms with van der Waals surface area (Å²) in [4.78, 5) is 26.0. The summed E-state index contributed by atoms with van der Waals surface area (Å²) in [5.41, 5.74) is 4.74. The number of benzene rings is 2. The zero-order valence-electron chi connectivity index (χ0n) is 18.1. The van der Waals surface area contributed by atoms with Crippen molar-refractivity contribution in [3.63, 3.8) is 0 Å². The first-order valence-corrected chi connectivity index (χ1v) is 10.7. The molecule has 0 aliphatic carbocycles. The lowest BCUT2D eigenvalue weighted by molar-refractivity contribution is -0.142. The first-order chi connectivity index (χ1) is 15.5. The fourth-order valence-corrected chi connectivity index (χ4v) is 3.56. The predicted molar refractivity (Wildman–Crippen MR) is 123 cm³/mol. The fourth-order valence-electron chi connectivity index (χ4n) is 3.28. The Labute approximate surface area is 192 Å². The van der Waals surface area contributed by atoms with Gasteiger partial charge in [0.05, 0.1) is 25.0 Å². The molecule has 2 aromatic carbocycles. The average Bonchev–Trinajstić information content (AvgIpc) is 3.33. The molecule has 0 bridgehead atoms. The second kappa shape index (κ2) is 11.4. The van der Waals surface area contributed by atoms with Gasteiger partial charge >= 0.3 is 5.97 Å². The molecule has 1 heterocycles. The van der Waals surface area contributed by atoms with E-state index in [0.29, 0.717) is 23.5 Å². The number of amides is 1. The smallest absolute Gasteiger partial charge is 0.343 e. The maximum atomic E-state index is 12.4. The minimum Gasteiger partial charge on any atom is -0.490 e. The van der Waals surface area contributed by atoms with Gasteiger partial charge in [0.2, 0.25) is 0 Å². The monoisotopic (exact) mass is 459 g/mol. The first kappa shape index (κ1) is 23.4. The highest BCUT2D eigenvalue weighted by molar-refractivity contribution is 6.32. The summed E-state index contributed by atoms with van der Waals surface area (Å²) in [6, 6.07) is 10.7. The summed E-state index contributed by atoms with van der Waals surface area (Å²) >= 11 is 6.29. The van der Waals surface area contributed by atoms with Crippen LogP contribution in [0.1, 0.15) is 35.7 Å². The van der Waals surface area contributed by atoms with Crippen molar-refractivity contribution < 1.29 is 23.8 Å². The van der Waals surface area contributed by atoms with E-state index < -0.39 is 5.97 Å². The van der Waals surface area contributed by atoms with Gasteiger partial charge in [-0.1, -0.05) is 11.6 Å². The van der Waals surface area contributed by atoms with E-state index in [2.05, 4.69) is 20.2 Å². The van der Waals surface area contributed by atoms with Gasteiger partial charge in [-0.25, -0.2) is 10.2 Å². The summed E-state index contributed by atoms with van der Waals surface area (Å²) in [6.07, 6.45) is 3.85. The van der Waals surface area contributed by atoms with Crippen LogP contribution >= 0.6 is 11.6 Å². The number of methoxy groups -OCH3 is 1. The molecule has 3 rings (SSSR count). The second-order valence-electron chi connectivity index (χ2n) is 7.07. The number of anilines is 1. The van der Waals surface area contributed by atoms with E-state index in [-0.39, 0.29) is 23.3 Å². The molecular formula is C23H26ClN3O5. The Kier molecular flexibility index (Phi) is 8.33. The van der Waals surface area contributed by atoms with E-state index in [9.17, 15) is 9.59 Å². The molecule has 32 heavy (non-hydrogen) atoms. The van der Waals surface area contributed by atoms with Crippen LogP contribution in [-0.4, -0.2) is 51.5 Å². The van der Waals surface area contributed by atoms with Gasteiger partial charge in [0.25, 0.3) is 5.91 Å². The number of ether oxygens (including phenoxy) is 3. The Morgan fingerprint density at radius 2 is 1.88 bits per heavy atom. The minimum atomic E-state index is -0.537. The number of nitrogens with one attached hydrogen (secondary N) is 1. The van der Waals surface area contributed by atoms with Crippen molar-refractivity contribution in [2.24, 2.45) is 5.10 Å². The highest BCUT2D eigenvalue weighted by atomic mass is 35.5. The van der Waals surface area contributed by atoms with Gasteiger partial charge in [-0.3, -0.25) is 4.79 Å². The molecular weight excluding hydrogens is 434 g/mol. The summed E-state index contributed by atoms with van der Waals surface area (Å²) in [6.45, 7) is 3.99. The van der Waals surface area contributed by atoms with Crippen molar-refractivity contribution in [3.8, 4) is 11.5 Å². The highest BCUT2D eigenvalue weighted by Crippen LogP contribution is 2.36. The van der Waals surface area contributed by atoms with Gasteiger partial charge in [0.15, 0.2) is 18.1 Å². The summed E-state index contributed by atoms with van der Waals surface area (Å²) in [5, 5.41) is 4.25. The molecule has 1 fully saturated rings. The molecule has 2 aromatic rings. The van der Waals surface area contributed by atoms with Crippen LogP contribution in [0.15, 0.2) is 41.5 Å². The lowest BCUT2D eigenvalue weighted by Gasteiger charge is -2.17. The normalized spacial score (nSPS) is 13.3. The molecule has 0 radical (unpaired) electrons. The third-order valence-electron chi connectivity index (χ3n) is 4.87. The van der Waals surface area contributed by atoms with Crippen LogP contribution in [0.4, 0.5) is 5.69 Å². The molecule has 1 saturated heterocycles. The number of rotatable bonds is 9. The Morgan fingerprint density at radius 1 is 1.16 bits per heavy atom. The van der Waals surface area contributed by atoms with Gasteiger partial charge in [0, 0.05) is 24.3 Å². The Balaban J connectivity index is 1.64. The van der Waals surface area contributed by atoms with Crippen LogP contribution in [0.2, 0.25) is 5.02 Å². The molecule has 0 aromatic heterocycles. The quantitative estimate of drug-likeness (QED) is 0.350. The molecule has 0 atom stereocenters. The Bertz CT molecular complexity index is 972.